The largest absolute Gasteiger partial charge is 0.452 e. The molecule has 1 amide bonds. The number of hydrogen-bond acceptors (Lipinski definition) is 4. The van der Waals surface area contributed by atoms with Gasteiger partial charge >= 0.3 is 5.97 Å². The van der Waals surface area contributed by atoms with Crippen LogP contribution in [0.25, 0.3) is 0 Å². The summed E-state index contributed by atoms with van der Waals surface area (Å²) in [7, 11) is 0. The Kier molecular flexibility index (Phi) is 5.23. The second-order valence-electron chi connectivity index (χ2n) is 3.78. The van der Waals surface area contributed by atoms with Gasteiger partial charge in [-0.2, -0.15) is 0 Å². The summed E-state index contributed by atoms with van der Waals surface area (Å²) in [6.07, 6.45) is 0.739. The van der Waals surface area contributed by atoms with Crippen molar-refractivity contribution in [3.8, 4) is 0 Å². The Bertz CT molecular complexity index is 492. The Hall–Kier alpha value is -2.18. The zero-order valence-electron chi connectivity index (χ0n) is 10.3. The number of amides is 1. The molecule has 0 heterocycles. The summed E-state index contributed by atoms with van der Waals surface area (Å²) >= 11 is 0. The molecule has 0 spiro atoms. The number of nitrogens with two attached hydrogens (primary N) is 1. The van der Waals surface area contributed by atoms with Crippen molar-refractivity contribution >= 4 is 17.6 Å². The van der Waals surface area contributed by atoms with E-state index in [-0.39, 0.29) is 5.69 Å². The standard InChI is InChI=1S/C12H14F2N2O3/c1-2-3-16-11(17)6-19-12(18)7-4-10(15)9(14)5-8(7)13/h4-5H,2-3,6,15H2,1H3,(H,16,17). The number of halogens is 2. The minimum atomic E-state index is -1.09. The number of nitrogens with one attached hydrogen (secondary N) is 1. The molecular weight excluding hydrogens is 258 g/mol. The number of carbonyl (C=O) groups is 2. The summed E-state index contributed by atoms with van der Waals surface area (Å²) in [5.74, 6) is -3.62. The molecular formula is C12H14F2N2O3. The molecule has 0 bridgehead atoms. The molecule has 0 aliphatic heterocycles. The third kappa shape index (κ3) is 4.20. The maximum atomic E-state index is 13.3. The van der Waals surface area contributed by atoms with Gasteiger partial charge in [0.15, 0.2) is 6.61 Å². The van der Waals surface area contributed by atoms with Crippen LogP contribution in [0.3, 0.4) is 0 Å². The van der Waals surface area contributed by atoms with Crippen LogP contribution >= 0.6 is 0 Å². The Labute approximate surface area is 108 Å². The van der Waals surface area contributed by atoms with Gasteiger partial charge in [-0.1, -0.05) is 6.92 Å². The molecule has 0 unspecified atom stereocenters. The Morgan fingerprint density at radius 2 is 2.00 bits per heavy atom. The van der Waals surface area contributed by atoms with Crippen LogP contribution in [0.1, 0.15) is 23.7 Å². The molecule has 1 aromatic carbocycles. The minimum Gasteiger partial charge on any atom is -0.452 e. The van der Waals surface area contributed by atoms with E-state index in [0.717, 1.165) is 12.5 Å². The number of rotatable bonds is 5. The summed E-state index contributed by atoms with van der Waals surface area (Å²) in [4.78, 5) is 22.7. The van der Waals surface area contributed by atoms with Crippen molar-refractivity contribution in [3.63, 3.8) is 0 Å². The highest BCUT2D eigenvalue weighted by Gasteiger charge is 2.17. The molecule has 7 heteroatoms. The highest BCUT2D eigenvalue weighted by atomic mass is 19.1. The van der Waals surface area contributed by atoms with Gasteiger partial charge in [0.1, 0.15) is 11.6 Å². The second-order valence-corrected chi connectivity index (χ2v) is 3.78. The van der Waals surface area contributed by atoms with Crippen molar-refractivity contribution in [1.82, 2.24) is 5.32 Å². The molecule has 0 saturated heterocycles. The SMILES string of the molecule is CCCNC(=O)COC(=O)c1cc(N)c(F)cc1F. The third-order valence-electron chi connectivity index (χ3n) is 2.21. The van der Waals surface area contributed by atoms with Crippen LogP contribution in [0.5, 0.6) is 0 Å². The molecule has 0 atom stereocenters. The topological polar surface area (TPSA) is 81.4 Å². The van der Waals surface area contributed by atoms with E-state index in [1.54, 1.807) is 0 Å². The van der Waals surface area contributed by atoms with E-state index in [1.807, 2.05) is 6.92 Å². The lowest BCUT2D eigenvalue weighted by Crippen LogP contribution is -2.29. The van der Waals surface area contributed by atoms with E-state index in [4.69, 9.17) is 5.73 Å². The van der Waals surface area contributed by atoms with Gasteiger partial charge in [-0.15, -0.1) is 0 Å². The van der Waals surface area contributed by atoms with Crippen LogP contribution in [-0.2, 0) is 9.53 Å². The van der Waals surface area contributed by atoms with Gasteiger partial charge in [0, 0.05) is 12.6 Å². The predicted octanol–water partition coefficient (Wildman–Crippen LogP) is 1.23. The van der Waals surface area contributed by atoms with Gasteiger partial charge in [-0.25, -0.2) is 13.6 Å². The first kappa shape index (κ1) is 14.9. The first-order valence-electron chi connectivity index (χ1n) is 5.64. The smallest absolute Gasteiger partial charge is 0.341 e. The molecule has 0 saturated carbocycles. The van der Waals surface area contributed by atoms with Gasteiger partial charge < -0.3 is 15.8 Å². The zero-order valence-corrected chi connectivity index (χ0v) is 10.3. The quantitative estimate of drug-likeness (QED) is 0.624. The van der Waals surface area contributed by atoms with Gasteiger partial charge in [0.05, 0.1) is 11.3 Å². The van der Waals surface area contributed by atoms with Gasteiger partial charge in [-0.05, 0) is 12.5 Å². The average Bonchev–Trinajstić information content (AvgIpc) is 2.37. The van der Waals surface area contributed by atoms with Crippen molar-refractivity contribution in [2.45, 2.75) is 13.3 Å². The van der Waals surface area contributed by atoms with E-state index < -0.39 is 35.7 Å². The molecule has 3 N–H and O–H groups in total. The summed E-state index contributed by atoms with van der Waals surface area (Å²) in [5, 5.41) is 2.48. The zero-order chi connectivity index (χ0) is 14.4. The van der Waals surface area contributed by atoms with Crippen LogP contribution < -0.4 is 11.1 Å². The summed E-state index contributed by atoms with van der Waals surface area (Å²) in [5.41, 5.74) is 4.34. The van der Waals surface area contributed by atoms with Crippen molar-refractivity contribution in [3.05, 3.63) is 29.3 Å². The van der Waals surface area contributed by atoms with Crippen molar-refractivity contribution in [1.29, 1.82) is 0 Å². The average molecular weight is 272 g/mol. The summed E-state index contributed by atoms with van der Waals surface area (Å²) in [6.45, 7) is 1.78. The first-order valence-corrected chi connectivity index (χ1v) is 5.64. The third-order valence-corrected chi connectivity index (χ3v) is 2.21. The Balaban J connectivity index is 2.64. The fraction of sp³-hybridized carbons (Fsp3) is 0.333. The summed E-state index contributed by atoms with van der Waals surface area (Å²) < 4.78 is 30.8. The van der Waals surface area contributed by atoms with E-state index in [9.17, 15) is 18.4 Å². The second kappa shape index (κ2) is 6.67. The minimum absolute atomic E-state index is 0.371. The number of nitrogen functional groups attached to an aromatic ring is 1. The molecule has 19 heavy (non-hydrogen) atoms. The van der Waals surface area contributed by atoms with Gasteiger partial charge in [0.2, 0.25) is 0 Å². The van der Waals surface area contributed by atoms with Gasteiger partial charge in [0.25, 0.3) is 5.91 Å². The molecule has 0 aromatic heterocycles. The predicted molar refractivity (Wildman–Crippen MR) is 64.4 cm³/mol. The van der Waals surface area contributed by atoms with Crippen molar-refractivity contribution in [2.24, 2.45) is 0 Å². The molecule has 0 fully saturated rings. The number of carbonyl (C=O) groups excluding carboxylic acids is 2. The number of benzene rings is 1. The molecule has 104 valence electrons. The van der Waals surface area contributed by atoms with Crippen LogP contribution in [0.2, 0.25) is 0 Å². The molecule has 0 aliphatic rings. The lowest BCUT2D eigenvalue weighted by atomic mass is 10.2. The molecule has 1 rings (SSSR count). The van der Waals surface area contributed by atoms with E-state index in [1.165, 1.54) is 0 Å². The van der Waals surface area contributed by atoms with Crippen molar-refractivity contribution < 1.29 is 23.1 Å². The Morgan fingerprint density at radius 1 is 1.32 bits per heavy atom. The number of esters is 1. The maximum absolute atomic E-state index is 13.3. The molecule has 0 radical (unpaired) electrons. The maximum Gasteiger partial charge on any atom is 0.341 e. The normalized spacial score (nSPS) is 10.1. The number of anilines is 1. The van der Waals surface area contributed by atoms with Crippen LogP contribution in [0.4, 0.5) is 14.5 Å². The molecule has 5 nitrogen and oxygen atoms in total. The lowest BCUT2D eigenvalue weighted by molar-refractivity contribution is -0.124. The number of ether oxygens (including phenoxy) is 1. The highest BCUT2D eigenvalue weighted by Crippen LogP contribution is 2.17. The van der Waals surface area contributed by atoms with Crippen molar-refractivity contribution in [2.75, 3.05) is 18.9 Å². The van der Waals surface area contributed by atoms with Crippen LogP contribution in [0, 0.1) is 11.6 Å². The lowest BCUT2D eigenvalue weighted by Gasteiger charge is -2.07. The Morgan fingerprint density at radius 3 is 2.63 bits per heavy atom. The molecule has 1 aromatic rings. The van der Waals surface area contributed by atoms with E-state index >= 15 is 0 Å². The summed E-state index contributed by atoms with van der Waals surface area (Å²) in [6, 6.07) is 1.32. The first-order chi connectivity index (χ1) is 8.95. The fourth-order valence-corrected chi connectivity index (χ4v) is 1.25. The fourth-order valence-electron chi connectivity index (χ4n) is 1.25. The van der Waals surface area contributed by atoms with Crippen LogP contribution in [0.15, 0.2) is 12.1 Å². The van der Waals surface area contributed by atoms with Crippen LogP contribution in [-0.4, -0.2) is 25.0 Å². The monoisotopic (exact) mass is 272 g/mol. The van der Waals surface area contributed by atoms with Gasteiger partial charge in [-0.3, -0.25) is 4.79 Å². The van der Waals surface area contributed by atoms with E-state index in [0.29, 0.717) is 12.6 Å². The highest BCUT2D eigenvalue weighted by molar-refractivity contribution is 5.92. The van der Waals surface area contributed by atoms with E-state index in [2.05, 4.69) is 10.1 Å². The number of hydrogen-bond donors (Lipinski definition) is 2. The molecule has 0 aliphatic carbocycles.